The fourth-order valence-corrected chi connectivity index (χ4v) is 3.29. The Labute approximate surface area is 170 Å². The van der Waals surface area contributed by atoms with Crippen LogP contribution < -0.4 is 11.1 Å². The van der Waals surface area contributed by atoms with Gasteiger partial charge in [0.25, 0.3) is 5.91 Å². The smallest absolute Gasteiger partial charge is 0.253 e. The highest BCUT2D eigenvalue weighted by atomic mass is 35.5. The topological polar surface area (TPSA) is 75.4 Å². The van der Waals surface area contributed by atoms with E-state index >= 15 is 0 Å². The van der Waals surface area contributed by atoms with Crippen LogP contribution in [-0.4, -0.2) is 29.8 Å². The molecule has 5 nitrogen and oxygen atoms in total. The van der Waals surface area contributed by atoms with Gasteiger partial charge in [0.15, 0.2) is 0 Å². The van der Waals surface area contributed by atoms with Crippen LogP contribution in [0.5, 0.6) is 0 Å². The molecular formula is C20H23Cl2N3O2. The highest BCUT2D eigenvalue weighted by Gasteiger charge is 2.29. The maximum absolute atomic E-state index is 12.7. The van der Waals surface area contributed by atoms with Crippen molar-refractivity contribution in [2.24, 2.45) is 5.92 Å². The van der Waals surface area contributed by atoms with Crippen molar-refractivity contribution in [2.45, 2.75) is 19.8 Å². The summed E-state index contributed by atoms with van der Waals surface area (Å²) >= 11 is 5.88. The van der Waals surface area contributed by atoms with Gasteiger partial charge in [-0.05, 0) is 61.7 Å². The predicted molar refractivity (Wildman–Crippen MR) is 112 cm³/mol. The Morgan fingerprint density at radius 1 is 1.19 bits per heavy atom. The number of carbonyl (C=O) groups excluding carboxylic acids is 2. The van der Waals surface area contributed by atoms with Crippen molar-refractivity contribution in [1.29, 1.82) is 0 Å². The number of aryl methyl sites for hydroxylation is 1. The molecule has 0 bridgehead atoms. The van der Waals surface area contributed by atoms with Crippen molar-refractivity contribution < 1.29 is 9.59 Å². The number of nitrogen functional groups attached to an aromatic ring is 1. The lowest BCUT2D eigenvalue weighted by molar-refractivity contribution is -0.121. The summed E-state index contributed by atoms with van der Waals surface area (Å²) < 4.78 is 0. The summed E-state index contributed by atoms with van der Waals surface area (Å²) in [4.78, 5) is 27.1. The molecule has 3 rings (SSSR count). The third-order valence-corrected chi connectivity index (χ3v) is 4.94. The van der Waals surface area contributed by atoms with E-state index in [2.05, 4.69) is 5.32 Å². The first-order valence-corrected chi connectivity index (χ1v) is 9.03. The number of nitrogens with one attached hydrogen (secondary N) is 1. The molecule has 2 amide bonds. The number of halogens is 2. The van der Waals surface area contributed by atoms with E-state index in [1.54, 1.807) is 41.3 Å². The molecule has 1 unspecified atom stereocenters. The molecule has 0 saturated carbocycles. The lowest BCUT2D eigenvalue weighted by Crippen LogP contribution is -2.43. The van der Waals surface area contributed by atoms with E-state index in [1.807, 2.05) is 13.0 Å². The number of rotatable bonds is 3. The number of carbonyl (C=O) groups is 2. The van der Waals surface area contributed by atoms with Crippen LogP contribution >= 0.6 is 24.0 Å². The number of hydrogen-bond acceptors (Lipinski definition) is 3. The largest absolute Gasteiger partial charge is 0.399 e. The lowest BCUT2D eigenvalue weighted by Gasteiger charge is -2.32. The summed E-state index contributed by atoms with van der Waals surface area (Å²) in [6.07, 6.45) is 1.56. The summed E-state index contributed by atoms with van der Waals surface area (Å²) in [5.41, 5.74) is 8.67. The standard InChI is InChI=1S/C20H22ClN3O2.ClH/c1-13-4-9-17(22)11-18(13)23-19(25)15-3-2-10-24(12-15)20(26)14-5-7-16(21)8-6-14;/h4-9,11,15H,2-3,10,12,22H2,1H3,(H,23,25);1H. The molecule has 2 aromatic carbocycles. The molecule has 1 atom stereocenters. The van der Waals surface area contributed by atoms with Crippen molar-refractivity contribution in [2.75, 3.05) is 24.1 Å². The molecule has 1 fully saturated rings. The molecule has 0 aliphatic carbocycles. The number of benzene rings is 2. The van der Waals surface area contributed by atoms with Crippen molar-refractivity contribution in [1.82, 2.24) is 4.90 Å². The maximum atomic E-state index is 12.7. The average Bonchev–Trinajstić information content (AvgIpc) is 2.65. The Morgan fingerprint density at radius 2 is 1.89 bits per heavy atom. The molecule has 7 heteroatoms. The summed E-state index contributed by atoms with van der Waals surface area (Å²) in [5.74, 6) is -0.382. The Hall–Kier alpha value is -2.24. The number of amides is 2. The molecule has 0 spiro atoms. The SMILES string of the molecule is Cc1ccc(N)cc1NC(=O)C1CCCN(C(=O)c2ccc(Cl)cc2)C1.Cl. The van der Waals surface area contributed by atoms with Gasteiger partial charge in [-0.1, -0.05) is 17.7 Å². The first-order valence-electron chi connectivity index (χ1n) is 8.66. The van der Waals surface area contributed by atoms with Crippen molar-refractivity contribution in [3.8, 4) is 0 Å². The highest BCUT2D eigenvalue weighted by Crippen LogP contribution is 2.23. The van der Waals surface area contributed by atoms with E-state index in [-0.39, 0.29) is 30.1 Å². The second-order valence-electron chi connectivity index (χ2n) is 6.66. The van der Waals surface area contributed by atoms with Crippen LogP contribution in [0.15, 0.2) is 42.5 Å². The van der Waals surface area contributed by atoms with E-state index in [9.17, 15) is 9.59 Å². The van der Waals surface area contributed by atoms with Gasteiger partial charge in [-0.15, -0.1) is 12.4 Å². The number of anilines is 2. The third-order valence-electron chi connectivity index (χ3n) is 4.69. The molecule has 0 aromatic heterocycles. The van der Waals surface area contributed by atoms with Gasteiger partial charge >= 0.3 is 0 Å². The maximum Gasteiger partial charge on any atom is 0.253 e. The van der Waals surface area contributed by atoms with Gasteiger partial charge in [-0.2, -0.15) is 0 Å². The summed E-state index contributed by atoms with van der Waals surface area (Å²) in [6.45, 7) is 2.99. The van der Waals surface area contributed by atoms with Gasteiger partial charge in [0.1, 0.15) is 0 Å². The summed E-state index contributed by atoms with van der Waals surface area (Å²) in [6, 6.07) is 12.3. The molecule has 27 heavy (non-hydrogen) atoms. The monoisotopic (exact) mass is 407 g/mol. The van der Waals surface area contributed by atoms with Crippen LogP contribution in [0.3, 0.4) is 0 Å². The van der Waals surface area contributed by atoms with Gasteiger partial charge in [-0.3, -0.25) is 9.59 Å². The molecule has 2 aromatic rings. The van der Waals surface area contributed by atoms with Crippen molar-refractivity contribution >= 4 is 47.2 Å². The zero-order valence-electron chi connectivity index (χ0n) is 15.1. The normalized spacial score (nSPS) is 16.4. The molecule has 1 aliphatic rings. The number of piperidine rings is 1. The zero-order valence-corrected chi connectivity index (χ0v) is 16.6. The minimum atomic E-state index is -0.235. The fourth-order valence-electron chi connectivity index (χ4n) is 3.16. The first kappa shape index (κ1) is 21.1. The molecular weight excluding hydrogens is 385 g/mol. The van der Waals surface area contributed by atoms with Crippen LogP contribution in [0.2, 0.25) is 5.02 Å². The van der Waals surface area contributed by atoms with Crippen molar-refractivity contribution in [3.05, 3.63) is 58.6 Å². The second kappa shape index (κ2) is 9.11. The minimum Gasteiger partial charge on any atom is -0.399 e. The van der Waals surface area contributed by atoms with Crippen molar-refractivity contribution in [3.63, 3.8) is 0 Å². The highest BCUT2D eigenvalue weighted by molar-refractivity contribution is 6.30. The van der Waals surface area contributed by atoms with Crippen LogP contribution in [0.1, 0.15) is 28.8 Å². The molecule has 3 N–H and O–H groups in total. The number of nitrogens with zero attached hydrogens (tertiary/aromatic N) is 1. The Kier molecular flexibility index (Phi) is 7.11. The van der Waals surface area contributed by atoms with E-state index in [0.717, 1.165) is 24.1 Å². The van der Waals surface area contributed by atoms with Gasteiger partial charge in [0.05, 0.1) is 5.92 Å². The van der Waals surface area contributed by atoms with Gasteiger partial charge in [0.2, 0.25) is 5.91 Å². The van der Waals surface area contributed by atoms with Crippen LogP contribution in [-0.2, 0) is 4.79 Å². The molecule has 144 valence electrons. The molecule has 1 aliphatic heterocycles. The Morgan fingerprint density at radius 3 is 2.59 bits per heavy atom. The second-order valence-corrected chi connectivity index (χ2v) is 7.10. The molecule has 1 saturated heterocycles. The number of hydrogen-bond donors (Lipinski definition) is 2. The van der Waals surface area contributed by atoms with E-state index in [1.165, 1.54) is 0 Å². The van der Waals surface area contributed by atoms with Crippen LogP contribution in [0.25, 0.3) is 0 Å². The van der Waals surface area contributed by atoms with Gasteiger partial charge < -0.3 is 16.0 Å². The zero-order chi connectivity index (χ0) is 18.7. The lowest BCUT2D eigenvalue weighted by atomic mass is 9.96. The van der Waals surface area contributed by atoms with E-state index in [4.69, 9.17) is 17.3 Å². The van der Waals surface area contributed by atoms with Crippen LogP contribution in [0, 0.1) is 12.8 Å². The molecule has 1 heterocycles. The Bertz CT molecular complexity index is 824. The first-order chi connectivity index (χ1) is 12.4. The van der Waals surface area contributed by atoms with Gasteiger partial charge in [-0.25, -0.2) is 0 Å². The number of nitrogens with two attached hydrogens (primary N) is 1. The predicted octanol–water partition coefficient (Wildman–Crippen LogP) is 4.14. The minimum absolute atomic E-state index is 0. The average molecular weight is 408 g/mol. The number of likely N-dealkylation sites (tertiary alicyclic amines) is 1. The van der Waals surface area contributed by atoms with Crippen LogP contribution in [0.4, 0.5) is 11.4 Å². The summed E-state index contributed by atoms with van der Waals surface area (Å²) in [7, 11) is 0. The Balaban J connectivity index is 0.00000261. The van der Waals surface area contributed by atoms with Gasteiger partial charge in [0, 0.05) is 35.1 Å². The van der Waals surface area contributed by atoms with E-state index < -0.39 is 0 Å². The summed E-state index contributed by atoms with van der Waals surface area (Å²) in [5, 5.41) is 3.55. The quantitative estimate of drug-likeness (QED) is 0.750. The third kappa shape index (κ3) is 5.15. The van der Waals surface area contributed by atoms with E-state index in [0.29, 0.717) is 29.4 Å². The molecule has 0 radical (unpaired) electrons. The fraction of sp³-hybridized carbons (Fsp3) is 0.300.